The topological polar surface area (TPSA) is 291 Å². The van der Waals surface area contributed by atoms with Gasteiger partial charge in [0.15, 0.2) is 10.8 Å². The van der Waals surface area contributed by atoms with Gasteiger partial charge in [-0.05, 0) is 18.2 Å². The maximum absolute atomic E-state index is 11.3. The SMILES string of the molecule is O=C(O)c1cc(NCC(P(=O)(O)O)P(=O)(O)O)cc(NCC(P(=O)(O)O)P(=O)(O)O)c1. The van der Waals surface area contributed by atoms with Crippen LogP contribution in [0.4, 0.5) is 11.4 Å². The predicted molar refractivity (Wildman–Crippen MR) is 106 cm³/mol. The summed E-state index contributed by atoms with van der Waals surface area (Å²) < 4.78 is 45.3. The fourth-order valence-corrected chi connectivity index (χ4v) is 6.69. The van der Waals surface area contributed by atoms with E-state index in [9.17, 15) is 23.1 Å². The van der Waals surface area contributed by atoms with Crippen molar-refractivity contribution < 1.29 is 67.3 Å². The van der Waals surface area contributed by atoms with Gasteiger partial charge in [-0.2, -0.15) is 0 Å². The summed E-state index contributed by atoms with van der Waals surface area (Å²) in [6.45, 7) is -1.96. The Kier molecular flexibility index (Phi) is 8.83. The Bertz CT molecular complexity index is 891. The van der Waals surface area contributed by atoms with Crippen LogP contribution in [0.25, 0.3) is 0 Å². The number of anilines is 2. The number of aromatic carboxylic acids is 1. The minimum atomic E-state index is -5.27. The van der Waals surface area contributed by atoms with E-state index in [0.717, 1.165) is 18.2 Å². The van der Waals surface area contributed by atoms with Crippen molar-refractivity contribution in [2.45, 2.75) is 10.8 Å². The van der Waals surface area contributed by atoms with E-state index in [4.69, 9.17) is 44.3 Å². The molecule has 31 heavy (non-hydrogen) atoms. The van der Waals surface area contributed by atoms with Crippen LogP contribution in [0, 0.1) is 0 Å². The van der Waals surface area contributed by atoms with Crippen molar-refractivity contribution in [1.29, 1.82) is 0 Å². The molecule has 0 saturated heterocycles. The van der Waals surface area contributed by atoms with Crippen molar-refractivity contribution in [2.75, 3.05) is 23.7 Å². The average molecular weight is 528 g/mol. The molecule has 1 aromatic carbocycles. The molecule has 20 heteroatoms. The molecule has 0 spiro atoms. The van der Waals surface area contributed by atoms with Crippen LogP contribution >= 0.6 is 30.4 Å². The quantitative estimate of drug-likeness (QED) is 0.162. The van der Waals surface area contributed by atoms with E-state index in [1.54, 1.807) is 0 Å². The summed E-state index contributed by atoms with van der Waals surface area (Å²) in [5.74, 6) is -1.52. The zero-order valence-corrected chi connectivity index (χ0v) is 18.7. The van der Waals surface area contributed by atoms with Gasteiger partial charge >= 0.3 is 36.4 Å². The number of nitrogens with one attached hydrogen (secondary N) is 2. The van der Waals surface area contributed by atoms with Gasteiger partial charge in [-0.1, -0.05) is 0 Å². The molecule has 1 rings (SSSR count). The maximum atomic E-state index is 11.3. The second kappa shape index (κ2) is 9.80. The Hall–Kier alpha value is -1.11. The molecular weight excluding hydrogens is 508 g/mol. The predicted octanol–water partition coefficient (Wildman–Crippen LogP) is -0.428. The molecule has 11 N–H and O–H groups in total. The number of hydrogen-bond donors (Lipinski definition) is 11. The first kappa shape index (κ1) is 27.9. The number of benzene rings is 1. The fourth-order valence-electron chi connectivity index (χ4n) is 2.24. The summed E-state index contributed by atoms with van der Waals surface area (Å²) in [6.07, 6.45) is 0. The Labute approximate surface area is 174 Å². The van der Waals surface area contributed by atoms with Crippen molar-refractivity contribution in [3.05, 3.63) is 23.8 Å². The van der Waals surface area contributed by atoms with E-state index < -0.39 is 65.8 Å². The summed E-state index contributed by atoms with van der Waals surface area (Å²) in [5.41, 5.74) is -0.920. The number of carboxylic acids is 1. The lowest BCUT2D eigenvalue weighted by molar-refractivity contribution is 0.0696. The molecule has 16 nitrogen and oxygen atoms in total. The highest BCUT2D eigenvalue weighted by atomic mass is 31.2. The minimum Gasteiger partial charge on any atom is -0.478 e. The molecule has 0 heterocycles. The number of carbonyl (C=O) groups is 1. The van der Waals surface area contributed by atoms with Gasteiger partial charge in [-0.3, -0.25) is 18.3 Å². The molecule has 0 atom stereocenters. The second-order valence-electron chi connectivity index (χ2n) is 6.18. The summed E-state index contributed by atoms with van der Waals surface area (Å²) >= 11 is 0. The van der Waals surface area contributed by atoms with E-state index in [1.807, 2.05) is 0 Å². The van der Waals surface area contributed by atoms with Gasteiger partial charge in [0.25, 0.3) is 0 Å². The summed E-state index contributed by atoms with van der Waals surface area (Å²) in [5, 5.41) is 8.75. The number of rotatable bonds is 11. The van der Waals surface area contributed by atoms with Gasteiger partial charge in [-0.25, -0.2) is 4.79 Å². The summed E-state index contributed by atoms with van der Waals surface area (Å²) in [6, 6.07) is 2.88. The molecule has 0 fully saturated rings. The van der Waals surface area contributed by atoms with Crippen molar-refractivity contribution in [3.8, 4) is 0 Å². The highest BCUT2D eigenvalue weighted by Gasteiger charge is 2.44. The third kappa shape index (κ3) is 8.74. The van der Waals surface area contributed by atoms with Gasteiger partial charge in [0, 0.05) is 24.5 Å². The van der Waals surface area contributed by atoms with Crippen LogP contribution < -0.4 is 10.6 Å². The highest BCUT2D eigenvalue weighted by Crippen LogP contribution is 2.60. The second-order valence-corrected chi connectivity index (χ2v) is 14.2. The zero-order valence-electron chi connectivity index (χ0n) is 15.2. The maximum Gasteiger partial charge on any atom is 0.342 e. The zero-order chi connectivity index (χ0) is 24.4. The fraction of sp³-hybridized carbons (Fsp3) is 0.364. The van der Waals surface area contributed by atoms with Crippen LogP contribution in [0.5, 0.6) is 0 Å². The van der Waals surface area contributed by atoms with Crippen LogP contribution in [-0.2, 0) is 18.3 Å². The average Bonchev–Trinajstić information content (AvgIpc) is 2.49. The van der Waals surface area contributed by atoms with Crippen molar-refractivity contribution in [3.63, 3.8) is 0 Å². The van der Waals surface area contributed by atoms with E-state index in [-0.39, 0.29) is 11.4 Å². The first-order chi connectivity index (χ1) is 13.7. The Morgan fingerprint density at radius 1 is 0.677 bits per heavy atom. The normalized spacial score (nSPS) is 13.5. The van der Waals surface area contributed by atoms with Crippen LogP contribution in [-0.4, -0.2) is 74.1 Å². The third-order valence-electron chi connectivity index (χ3n) is 3.71. The molecule has 0 unspecified atom stereocenters. The molecule has 0 aliphatic heterocycles. The van der Waals surface area contributed by atoms with Crippen molar-refractivity contribution >= 4 is 47.7 Å². The lowest BCUT2D eigenvalue weighted by Crippen LogP contribution is -2.22. The molecule has 0 aliphatic carbocycles. The monoisotopic (exact) mass is 528 g/mol. The standard InChI is InChI=1S/C11H20N2O14P4/c14-11(15)6-1-7(12-4-9(28(16,17)18)29(19,20)21)3-8(2-6)13-5-10(30(22,23)24)31(25,26)27/h1-3,9-10,12-13H,4-5H2,(H,14,15)(H2,16,17,18)(H2,19,20,21)(H2,22,23,24)(H2,25,26,27). The molecular formula is C11H20N2O14P4. The van der Waals surface area contributed by atoms with Crippen LogP contribution in [0.3, 0.4) is 0 Å². The smallest absolute Gasteiger partial charge is 0.342 e. The Morgan fingerprint density at radius 3 is 1.19 bits per heavy atom. The largest absolute Gasteiger partial charge is 0.478 e. The summed E-state index contributed by atoms with van der Waals surface area (Å²) in [4.78, 5) is 84.2. The number of carboxylic acid groups (broad SMARTS) is 1. The Morgan fingerprint density at radius 2 is 0.968 bits per heavy atom. The molecule has 0 aromatic heterocycles. The van der Waals surface area contributed by atoms with Gasteiger partial charge in [-0.15, -0.1) is 0 Å². The first-order valence-corrected chi connectivity index (χ1v) is 14.5. The minimum absolute atomic E-state index is 0.224. The molecule has 0 saturated carbocycles. The molecule has 0 bridgehead atoms. The van der Waals surface area contributed by atoms with Crippen LogP contribution in [0.2, 0.25) is 0 Å². The molecule has 0 radical (unpaired) electrons. The molecule has 0 amide bonds. The summed E-state index contributed by atoms with van der Waals surface area (Å²) in [7, 11) is -21.1. The highest BCUT2D eigenvalue weighted by molar-refractivity contribution is 7.71. The van der Waals surface area contributed by atoms with E-state index in [0.29, 0.717) is 0 Å². The van der Waals surface area contributed by atoms with E-state index in [2.05, 4.69) is 10.6 Å². The van der Waals surface area contributed by atoms with E-state index >= 15 is 0 Å². The lowest BCUT2D eigenvalue weighted by atomic mass is 10.1. The van der Waals surface area contributed by atoms with Gasteiger partial charge < -0.3 is 54.9 Å². The van der Waals surface area contributed by atoms with Crippen LogP contribution in [0.15, 0.2) is 18.2 Å². The van der Waals surface area contributed by atoms with Crippen LogP contribution in [0.1, 0.15) is 10.4 Å². The molecule has 1 aromatic rings. The van der Waals surface area contributed by atoms with Crippen molar-refractivity contribution in [1.82, 2.24) is 0 Å². The lowest BCUT2D eigenvalue weighted by Gasteiger charge is -2.22. The Balaban J connectivity index is 3.20. The van der Waals surface area contributed by atoms with Crippen molar-refractivity contribution in [2.24, 2.45) is 0 Å². The molecule has 0 aliphatic rings. The van der Waals surface area contributed by atoms with Gasteiger partial charge in [0.1, 0.15) is 0 Å². The third-order valence-corrected chi connectivity index (χ3v) is 11.2. The first-order valence-electron chi connectivity index (χ1n) is 7.80. The molecule has 178 valence electrons. The van der Waals surface area contributed by atoms with Gasteiger partial charge in [0.05, 0.1) is 5.56 Å². The number of hydrogen-bond acceptors (Lipinski definition) is 7. The van der Waals surface area contributed by atoms with Gasteiger partial charge in [0.2, 0.25) is 0 Å². The van der Waals surface area contributed by atoms with E-state index in [1.165, 1.54) is 0 Å².